The Morgan fingerprint density at radius 3 is 2.39 bits per heavy atom. The van der Waals surface area contributed by atoms with E-state index in [1.165, 1.54) is 6.42 Å². The van der Waals surface area contributed by atoms with Gasteiger partial charge in [-0.2, -0.15) is 11.8 Å². The average molecular weight is 348 g/mol. The van der Waals surface area contributed by atoms with Crippen molar-refractivity contribution >= 4 is 17.5 Å². The van der Waals surface area contributed by atoms with E-state index in [0.717, 1.165) is 37.8 Å². The van der Waals surface area contributed by atoms with Gasteiger partial charge in [0.25, 0.3) is 0 Å². The second kappa shape index (κ2) is 6.34. The highest BCUT2D eigenvalue weighted by Crippen LogP contribution is 2.44. The van der Waals surface area contributed by atoms with Gasteiger partial charge in [0.15, 0.2) is 5.78 Å². The molecule has 1 aromatic rings. The summed E-state index contributed by atoms with van der Waals surface area (Å²) >= 11 is 1.91. The molecule has 0 amide bonds. The predicted molar refractivity (Wildman–Crippen MR) is 79.2 cm³/mol. The SMILES string of the molecule is O=C(c1ccc(OC(F)(F)F)cc1F)C1CC2CCCC(C1)S2. The van der Waals surface area contributed by atoms with Gasteiger partial charge in [0.2, 0.25) is 0 Å². The zero-order valence-electron chi connectivity index (χ0n) is 12.2. The third-order valence-corrected chi connectivity index (χ3v) is 5.97. The normalized spacial score (nSPS) is 27.6. The van der Waals surface area contributed by atoms with E-state index < -0.39 is 17.9 Å². The highest BCUT2D eigenvalue weighted by Gasteiger charge is 2.37. The Hall–Kier alpha value is -1.24. The zero-order valence-corrected chi connectivity index (χ0v) is 13.1. The lowest BCUT2D eigenvalue weighted by molar-refractivity contribution is -0.274. The number of rotatable bonds is 3. The van der Waals surface area contributed by atoms with Gasteiger partial charge in [-0.25, -0.2) is 4.39 Å². The van der Waals surface area contributed by atoms with E-state index >= 15 is 0 Å². The van der Waals surface area contributed by atoms with Crippen LogP contribution in [-0.2, 0) is 0 Å². The Morgan fingerprint density at radius 2 is 1.83 bits per heavy atom. The van der Waals surface area contributed by atoms with Crippen molar-refractivity contribution in [2.24, 2.45) is 5.92 Å². The fourth-order valence-corrected chi connectivity index (χ4v) is 5.22. The highest BCUT2D eigenvalue weighted by molar-refractivity contribution is 8.00. The van der Waals surface area contributed by atoms with Crippen LogP contribution in [0.25, 0.3) is 0 Å². The van der Waals surface area contributed by atoms with Crippen LogP contribution in [0.3, 0.4) is 0 Å². The summed E-state index contributed by atoms with van der Waals surface area (Å²) in [5.41, 5.74) is -0.144. The summed E-state index contributed by atoms with van der Waals surface area (Å²) in [6.07, 6.45) is -0.116. The van der Waals surface area contributed by atoms with Crippen LogP contribution >= 0.6 is 11.8 Å². The summed E-state index contributed by atoms with van der Waals surface area (Å²) in [6, 6.07) is 2.71. The number of hydrogen-bond acceptors (Lipinski definition) is 3. The molecule has 2 nitrogen and oxygen atoms in total. The van der Waals surface area contributed by atoms with Crippen LogP contribution in [-0.4, -0.2) is 22.6 Å². The van der Waals surface area contributed by atoms with Gasteiger partial charge in [0.1, 0.15) is 11.6 Å². The van der Waals surface area contributed by atoms with Gasteiger partial charge >= 0.3 is 6.36 Å². The molecule has 126 valence electrons. The van der Waals surface area contributed by atoms with Crippen LogP contribution in [0.2, 0.25) is 0 Å². The number of benzene rings is 1. The van der Waals surface area contributed by atoms with Crippen molar-refractivity contribution in [2.75, 3.05) is 0 Å². The molecule has 2 saturated heterocycles. The van der Waals surface area contributed by atoms with Crippen molar-refractivity contribution in [1.29, 1.82) is 0 Å². The maximum absolute atomic E-state index is 14.0. The van der Waals surface area contributed by atoms with E-state index in [-0.39, 0.29) is 17.3 Å². The fourth-order valence-electron chi connectivity index (χ4n) is 3.39. The van der Waals surface area contributed by atoms with Gasteiger partial charge in [0.05, 0.1) is 5.56 Å². The molecule has 3 rings (SSSR count). The van der Waals surface area contributed by atoms with Crippen LogP contribution in [0.5, 0.6) is 5.75 Å². The Kier molecular flexibility index (Phi) is 4.58. The Balaban J connectivity index is 1.74. The number of fused-ring (bicyclic) bond motifs is 2. The quantitative estimate of drug-likeness (QED) is 0.570. The number of hydrogen-bond donors (Lipinski definition) is 0. The number of ketones is 1. The molecule has 2 atom stereocenters. The fraction of sp³-hybridized carbons (Fsp3) is 0.562. The molecule has 0 spiro atoms. The van der Waals surface area contributed by atoms with Gasteiger partial charge in [0, 0.05) is 22.5 Å². The molecule has 0 saturated carbocycles. The third-order valence-electron chi connectivity index (χ3n) is 4.34. The molecule has 0 aromatic heterocycles. The number of alkyl halides is 3. The zero-order chi connectivity index (χ0) is 16.6. The smallest absolute Gasteiger partial charge is 0.406 e. The van der Waals surface area contributed by atoms with E-state index in [2.05, 4.69) is 4.74 Å². The molecule has 23 heavy (non-hydrogen) atoms. The Morgan fingerprint density at radius 1 is 1.17 bits per heavy atom. The number of halogens is 4. The third kappa shape index (κ3) is 4.00. The topological polar surface area (TPSA) is 26.3 Å². The van der Waals surface area contributed by atoms with Crippen LogP contribution in [0.15, 0.2) is 18.2 Å². The second-order valence-electron chi connectivity index (χ2n) is 6.03. The molecule has 2 fully saturated rings. The number of ether oxygens (including phenoxy) is 1. The van der Waals surface area contributed by atoms with Gasteiger partial charge < -0.3 is 4.74 Å². The molecule has 0 radical (unpaired) electrons. The van der Waals surface area contributed by atoms with E-state index in [1.54, 1.807) is 0 Å². The first-order valence-corrected chi connectivity index (χ1v) is 8.51. The standard InChI is InChI=1S/C16H16F4O2S/c17-14-8-10(22-16(18,19)20)4-5-13(14)15(21)9-6-11-2-1-3-12(7-9)23-11/h4-5,8-9,11-12H,1-3,6-7H2. The van der Waals surface area contributed by atoms with Crippen molar-refractivity contribution in [3.8, 4) is 5.75 Å². The van der Waals surface area contributed by atoms with Crippen molar-refractivity contribution < 1.29 is 27.1 Å². The molecule has 2 bridgehead atoms. The summed E-state index contributed by atoms with van der Waals surface area (Å²) in [4.78, 5) is 12.5. The number of Topliss-reactive ketones (excluding diaryl/α,β-unsaturated/α-hetero) is 1. The number of carbonyl (C=O) groups excluding carboxylic acids is 1. The number of thioether (sulfide) groups is 1. The van der Waals surface area contributed by atoms with E-state index in [4.69, 9.17) is 0 Å². The van der Waals surface area contributed by atoms with Gasteiger partial charge in [-0.3, -0.25) is 4.79 Å². The summed E-state index contributed by atoms with van der Waals surface area (Å²) < 4.78 is 54.1. The molecular weight excluding hydrogens is 332 g/mol. The molecular formula is C16H16F4O2S. The first-order chi connectivity index (χ1) is 10.8. The van der Waals surface area contributed by atoms with E-state index in [9.17, 15) is 22.4 Å². The maximum Gasteiger partial charge on any atom is 0.573 e. The lowest BCUT2D eigenvalue weighted by Crippen LogP contribution is -2.33. The monoisotopic (exact) mass is 348 g/mol. The second-order valence-corrected chi connectivity index (χ2v) is 7.64. The van der Waals surface area contributed by atoms with Crippen LogP contribution < -0.4 is 4.74 Å². The van der Waals surface area contributed by atoms with Crippen molar-refractivity contribution in [3.63, 3.8) is 0 Å². The Bertz CT molecular complexity index is 590. The van der Waals surface area contributed by atoms with Gasteiger partial charge in [-0.15, -0.1) is 13.2 Å². The van der Waals surface area contributed by atoms with Gasteiger partial charge in [-0.05, 0) is 37.8 Å². The molecule has 2 unspecified atom stereocenters. The van der Waals surface area contributed by atoms with Crippen LogP contribution in [0.1, 0.15) is 42.5 Å². The molecule has 2 heterocycles. The molecule has 2 aliphatic heterocycles. The lowest BCUT2D eigenvalue weighted by atomic mass is 9.84. The summed E-state index contributed by atoms with van der Waals surface area (Å²) in [7, 11) is 0. The largest absolute Gasteiger partial charge is 0.573 e. The minimum absolute atomic E-state index is 0.144. The van der Waals surface area contributed by atoms with Crippen molar-refractivity contribution in [3.05, 3.63) is 29.6 Å². The number of carbonyl (C=O) groups is 1. The molecule has 2 aliphatic rings. The first-order valence-electron chi connectivity index (χ1n) is 7.57. The minimum atomic E-state index is -4.88. The van der Waals surface area contributed by atoms with E-state index in [0.29, 0.717) is 16.6 Å². The Labute approximate surface area is 135 Å². The molecule has 7 heteroatoms. The summed E-state index contributed by atoms with van der Waals surface area (Å²) in [5.74, 6) is -2.16. The average Bonchev–Trinajstić information content (AvgIpc) is 2.44. The molecule has 0 N–H and O–H groups in total. The lowest BCUT2D eigenvalue weighted by Gasteiger charge is -2.38. The van der Waals surface area contributed by atoms with Gasteiger partial charge in [-0.1, -0.05) is 6.42 Å². The van der Waals surface area contributed by atoms with Crippen LogP contribution in [0.4, 0.5) is 17.6 Å². The van der Waals surface area contributed by atoms with Crippen LogP contribution in [0, 0.1) is 11.7 Å². The maximum atomic E-state index is 14.0. The van der Waals surface area contributed by atoms with Crippen molar-refractivity contribution in [1.82, 2.24) is 0 Å². The first kappa shape index (κ1) is 16.6. The molecule has 0 aliphatic carbocycles. The highest BCUT2D eigenvalue weighted by atomic mass is 32.2. The summed E-state index contributed by atoms with van der Waals surface area (Å²) in [6.45, 7) is 0. The minimum Gasteiger partial charge on any atom is -0.406 e. The predicted octanol–water partition coefficient (Wildman–Crippen LogP) is 4.97. The van der Waals surface area contributed by atoms with Crippen molar-refractivity contribution in [2.45, 2.75) is 49.0 Å². The molecule has 1 aromatic carbocycles. The van der Waals surface area contributed by atoms with E-state index in [1.807, 2.05) is 11.8 Å². The summed E-state index contributed by atoms with van der Waals surface area (Å²) in [5, 5.41) is 0.875.